The van der Waals surface area contributed by atoms with Gasteiger partial charge in [0, 0.05) is 125 Å². The van der Waals surface area contributed by atoms with Gasteiger partial charge >= 0.3 is 0 Å². The van der Waals surface area contributed by atoms with Crippen molar-refractivity contribution in [3.8, 4) is 0 Å². The standard InChI is InChI=1S/2C9H21N3.2C2H4O2.2Mn.3H2O/c2*1-10-4-6-11(2)8-9-12(3)7-5-10;2*1-2(3)4;;;;;/h2*4-9H2,1-3H3;2*1H3,(H,3,4);;;3*1H2/p-2. The Balaban J connectivity index is -0.0000000685. The molecule has 37 heavy (non-hydrogen) atoms. The van der Waals surface area contributed by atoms with Crippen LogP contribution in [-0.4, -0.2) is 179 Å². The first kappa shape index (κ1) is 53.0. The van der Waals surface area contributed by atoms with E-state index in [-0.39, 0.29) is 50.6 Å². The molecule has 0 spiro atoms. The molecular weight excluding hydrogens is 570 g/mol. The second kappa shape index (κ2) is 33.6. The van der Waals surface area contributed by atoms with Gasteiger partial charge in [0.05, 0.1) is 0 Å². The van der Waals surface area contributed by atoms with Crippen molar-refractivity contribution in [2.24, 2.45) is 0 Å². The van der Waals surface area contributed by atoms with Gasteiger partial charge in [-0.15, -0.1) is 0 Å². The molecule has 230 valence electrons. The van der Waals surface area contributed by atoms with Gasteiger partial charge in [0.15, 0.2) is 0 Å². The first-order valence-corrected chi connectivity index (χ1v) is 11.3. The maximum Gasteiger partial charge on any atom is 0.0383 e. The smallest absolute Gasteiger partial charge is 0.0383 e. The van der Waals surface area contributed by atoms with E-state index in [1.807, 2.05) is 0 Å². The molecule has 6 N–H and O–H groups in total. The molecule has 0 aromatic rings. The summed E-state index contributed by atoms with van der Waals surface area (Å²) in [6.45, 7) is 16.3. The molecule has 0 atom stereocenters. The third-order valence-electron chi connectivity index (χ3n) is 5.18. The number of nitrogens with zero attached hydrogens (tertiary/aromatic N) is 6. The summed E-state index contributed by atoms with van der Waals surface area (Å²) in [4.78, 5) is 32.2. The van der Waals surface area contributed by atoms with E-state index in [4.69, 9.17) is 19.8 Å². The maximum atomic E-state index is 8.89. The SMILES string of the molecule is CC(=O)[O-].CC(=O)[O-].CN1CCN(C)CCN(C)CC1.CN1CCN(C)CCN(C)CC1.O.O.O.[Mn].[Mn]. The summed E-state index contributed by atoms with van der Waals surface area (Å²) in [5.74, 6) is -2.17. The van der Waals surface area contributed by atoms with Crippen molar-refractivity contribution in [3.63, 3.8) is 0 Å². The molecule has 0 saturated carbocycles. The summed E-state index contributed by atoms with van der Waals surface area (Å²) in [5.41, 5.74) is 0. The second-order valence-electron chi connectivity index (χ2n) is 8.80. The van der Waals surface area contributed by atoms with E-state index < -0.39 is 11.9 Å². The summed E-state index contributed by atoms with van der Waals surface area (Å²) in [7, 11) is 13.2. The van der Waals surface area contributed by atoms with Gasteiger partial charge < -0.3 is 65.6 Å². The van der Waals surface area contributed by atoms with E-state index in [0.717, 1.165) is 13.8 Å². The van der Waals surface area contributed by atoms with Crippen LogP contribution in [0.2, 0.25) is 0 Å². The number of hydrogen-bond acceptors (Lipinski definition) is 10. The van der Waals surface area contributed by atoms with E-state index in [1.165, 1.54) is 78.5 Å². The first-order chi connectivity index (χ1) is 14.8. The van der Waals surface area contributed by atoms with Crippen LogP contribution in [0.5, 0.6) is 0 Å². The largest absolute Gasteiger partial charge is 0.550 e. The number of hydrogen-bond donors (Lipinski definition) is 0. The van der Waals surface area contributed by atoms with E-state index in [9.17, 15) is 0 Å². The molecule has 15 heteroatoms. The maximum absolute atomic E-state index is 8.89. The van der Waals surface area contributed by atoms with Crippen LogP contribution in [-0.2, 0) is 43.7 Å². The fourth-order valence-electron chi connectivity index (χ4n) is 2.72. The first-order valence-electron chi connectivity index (χ1n) is 11.3. The Kier molecular flexibility index (Phi) is 48.2. The normalized spacial score (nSPS) is 18.4. The predicted molar refractivity (Wildman–Crippen MR) is 137 cm³/mol. The zero-order chi connectivity index (χ0) is 25.1. The molecule has 0 amide bonds. The molecule has 0 aliphatic carbocycles. The summed E-state index contributed by atoms with van der Waals surface area (Å²) < 4.78 is 0. The minimum absolute atomic E-state index is 0. The number of carboxylic acid groups (broad SMARTS) is 2. The quantitative estimate of drug-likeness (QED) is 0.235. The van der Waals surface area contributed by atoms with Crippen LogP contribution in [0.15, 0.2) is 0 Å². The van der Waals surface area contributed by atoms with E-state index in [2.05, 4.69) is 71.7 Å². The van der Waals surface area contributed by atoms with Crippen molar-refractivity contribution < 1.29 is 70.4 Å². The number of carbonyl (C=O) groups is 2. The van der Waals surface area contributed by atoms with E-state index >= 15 is 0 Å². The van der Waals surface area contributed by atoms with Gasteiger partial charge in [-0.05, 0) is 56.1 Å². The number of carbonyl (C=O) groups excluding carboxylic acids is 2. The molecule has 0 bridgehead atoms. The topological polar surface area (TPSA) is 194 Å². The average molecular weight is 625 g/mol. The Bertz CT molecular complexity index is 381. The average Bonchev–Trinajstić information content (AvgIpc) is 2.80. The second-order valence-corrected chi connectivity index (χ2v) is 8.80. The number of aliphatic carboxylic acids is 2. The Morgan fingerprint density at radius 3 is 0.514 bits per heavy atom. The zero-order valence-electron chi connectivity index (χ0n) is 24.1. The molecule has 2 fully saturated rings. The molecule has 0 aromatic heterocycles. The molecule has 2 saturated heterocycles. The Morgan fingerprint density at radius 1 is 0.405 bits per heavy atom. The summed E-state index contributed by atoms with van der Waals surface area (Å²) >= 11 is 0. The van der Waals surface area contributed by atoms with Crippen molar-refractivity contribution in [1.29, 1.82) is 0 Å². The minimum atomic E-state index is -1.08. The van der Waals surface area contributed by atoms with Gasteiger partial charge in [0.25, 0.3) is 0 Å². The van der Waals surface area contributed by atoms with Gasteiger partial charge in [-0.3, -0.25) is 0 Å². The van der Waals surface area contributed by atoms with Crippen molar-refractivity contribution >= 4 is 11.9 Å². The fourth-order valence-corrected chi connectivity index (χ4v) is 2.72. The van der Waals surface area contributed by atoms with Crippen LogP contribution >= 0.6 is 0 Å². The van der Waals surface area contributed by atoms with E-state index in [0.29, 0.717) is 0 Å². The molecule has 2 radical (unpaired) electrons. The molecule has 0 unspecified atom stereocenters. The third-order valence-corrected chi connectivity index (χ3v) is 5.18. The summed E-state index contributed by atoms with van der Waals surface area (Å²) in [5, 5.41) is 17.8. The van der Waals surface area contributed by atoms with Gasteiger partial charge in [-0.2, -0.15) is 0 Å². The van der Waals surface area contributed by atoms with Crippen molar-refractivity contribution in [1.82, 2.24) is 29.4 Å². The van der Waals surface area contributed by atoms with Gasteiger partial charge in [-0.25, -0.2) is 0 Å². The van der Waals surface area contributed by atoms with Crippen molar-refractivity contribution in [3.05, 3.63) is 0 Å². The number of rotatable bonds is 0. The van der Waals surface area contributed by atoms with Crippen LogP contribution < -0.4 is 10.2 Å². The van der Waals surface area contributed by atoms with Crippen LogP contribution in [0.3, 0.4) is 0 Å². The zero-order valence-corrected chi connectivity index (χ0v) is 26.4. The molecule has 2 aliphatic rings. The Labute approximate surface area is 246 Å². The van der Waals surface area contributed by atoms with Gasteiger partial charge in [-0.1, -0.05) is 0 Å². The van der Waals surface area contributed by atoms with Crippen molar-refractivity contribution in [2.75, 3.05) is 121 Å². The predicted octanol–water partition coefficient (Wildman–Crippen LogP) is -5.38. The number of likely N-dealkylation sites (N-methyl/N-ethyl adjacent to an activating group) is 6. The molecule has 2 heterocycles. The minimum Gasteiger partial charge on any atom is -0.550 e. The molecule has 2 aliphatic heterocycles. The Hall–Kier alpha value is -0.381. The fraction of sp³-hybridized carbons (Fsp3) is 0.909. The molecule has 0 aromatic carbocycles. The van der Waals surface area contributed by atoms with Crippen LogP contribution in [0, 0.1) is 0 Å². The molecule has 2 rings (SSSR count). The van der Waals surface area contributed by atoms with Crippen molar-refractivity contribution in [2.45, 2.75) is 13.8 Å². The van der Waals surface area contributed by atoms with Crippen LogP contribution in [0.25, 0.3) is 0 Å². The Morgan fingerprint density at radius 2 is 0.459 bits per heavy atom. The van der Waals surface area contributed by atoms with Gasteiger partial charge in [0.2, 0.25) is 0 Å². The molecule has 13 nitrogen and oxygen atoms in total. The van der Waals surface area contributed by atoms with Crippen LogP contribution in [0.4, 0.5) is 0 Å². The summed E-state index contributed by atoms with van der Waals surface area (Å²) in [6, 6.07) is 0. The summed E-state index contributed by atoms with van der Waals surface area (Å²) in [6.07, 6.45) is 0. The molecular formula is C22H54Mn2N6O7-2. The third kappa shape index (κ3) is 45.9. The monoisotopic (exact) mass is 624 g/mol. The van der Waals surface area contributed by atoms with Crippen LogP contribution in [0.1, 0.15) is 13.8 Å². The number of carboxylic acids is 2. The van der Waals surface area contributed by atoms with Gasteiger partial charge in [0.1, 0.15) is 0 Å². The van der Waals surface area contributed by atoms with E-state index in [1.54, 1.807) is 0 Å².